The fourth-order valence-electron chi connectivity index (χ4n) is 8.64. The van der Waals surface area contributed by atoms with Crippen LogP contribution < -0.4 is 9.47 Å². The molecule has 58 heavy (non-hydrogen) atoms. The Morgan fingerprint density at radius 1 is 0.517 bits per heavy atom. The van der Waals surface area contributed by atoms with Crippen LogP contribution in [0.1, 0.15) is 181 Å². The molecule has 2 aliphatic heterocycles. The summed E-state index contributed by atoms with van der Waals surface area (Å²) in [6.45, 7) is 26.1. The first-order valence-corrected chi connectivity index (χ1v) is 22.4. The van der Waals surface area contributed by atoms with Gasteiger partial charge in [-0.05, 0) is 208 Å². The molecule has 2 aromatic rings. The first-order chi connectivity index (χ1) is 27.4. The number of rotatable bonds is 19. The van der Waals surface area contributed by atoms with Crippen molar-refractivity contribution < 1.29 is 19.7 Å². The lowest BCUT2D eigenvalue weighted by atomic mass is 9.79. The fraction of sp³-hybridized carbons (Fsp3) is 0.556. The maximum absolute atomic E-state index is 11.4. The van der Waals surface area contributed by atoms with Gasteiger partial charge in [-0.2, -0.15) is 0 Å². The minimum atomic E-state index is -0.323. The lowest BCUT2D eigenvalue weighted by molar-refractivity contribution is 0.0561. The number of hydrogen-bond acceptors (Lipinski definition) is 4. The van der Waals surface area contributed by atoms with Crippen LogP contribution in [0.15, 0.2) is 82.0 Å². The quantitative estimate of drug-likeness (QED) is 0.139. The van der Waals surface area contributed by atoms with Gasteiger partial charge in [-0.15, -0.1) is 0 Å². The van der Waals surface area contributed by atoms with E-state index in [2.05, 4.69) is 106 Å². The van der Waals surface area contributed by atoms with E-state index >= 15 is 0 Å². The summed E-state index contributed by atoms with van der Waals surface area (Å²) in [5, 5.41) is 22.7. The molecule has 0 saturated heterocycles. The standard InChI is InChI=1S/C54H78O4/c1-37(2)19-13-21-39(5)23-15-25-41(7)27-17-31-53(11)33-29-45-49(57-53)35-47(55)43(9)51(45)52-44(10)48(56)36-50-46(52)30-34-54(12,58-50)32-18-28-42(8)26-16-24-40(6)22-14-20-38(3)4/h19-20,23-24,27-28,35-36,55-56H,13-18,21-22,25-26,29-34H2,1-12H3/b39-23+,40-24+,41-27+,42-28+. The van der Waals surface area contributed by atoms with Gasteiger partial charge in [0, 0.05) is 23.3 Å². The van der Waals surface area contributed by atoms with E-state index in [9.17, 15) is 10.2 Å². The number of hydrogen-bond donors (Lipinski definition) is 2. The van der Waals surface area contributed by atoms with Crippen LogP contribution in [-0.2, 0) is 12.8 Å². The van der Waals surface area contributed by atoms with Gasteiger partial charge in [-0.1, -0.05) is 69.9 Å². The van der Waals surface area contributed by atoms with Gasteiger partial charge in [0.25, 0.3) is 0 Å². The second-order valence-electron chi connectivity index (χ2n) is 18.8. The van der Waals surface area contributed by atoms with Crippen molar-refractivity contribution in [3.05, 3.63) is 104 Å². The van der Waals surface area contributed by atoms with Crippen LogP contribution in [0.4, 0.5) is 0 Å². The molecule has 4 nitrogen and oxygen atoms in total. The summed E-state index contributed by atoms with van der Waals surface area (Å²) in [7, 11) is 0. The van der Waals surface area contributed by atoms with Gasteiger partial charge < -0.3 is 19.7 Å². The highest BCUT2D eigenvalue weighted by atomic mass is 16.5. The van der Waals surface area contributed by atoms with Gasteiger partial charge in [-0.25, -0.2) is 0 Å². The Hall–Kier alpha value is -3.92. The zero-order valence-corrected chi connectivity index (χ0v) is 38.6. The van der Waals surface area contributed by atoms with Crippen molar-refractivity contribution in [1.29, 1.82) is 0 Å². The molecule has 2 atom stereocenters. The molecule has 2 aromatic carbocycles. The van der Waals surface area contributed by atoms with E-state index in [1.54, 1.807) is 0 Å². The van der Waals surface area contributed by atoms with Crippen molar-refractivity contribution in [2.45, 2.75) is 197 Å². The molecule has 0 aromatic heterocycles. The van der Waals surface area contributed by atoms with E-state index in [0.717, 1.165) is 148 Å². The molecule has 2 aliphatic rings. The van der Waals surface area contributed by atoms with Crippen LogP contribution in [-0.4, -0.2) is 21.4 Å². The molecule has 0 aliphatic carbocycles. The number of benzene rings is 2. The molecule has 0 saturated carbocycles. The van der Waals surface area contributed by atoms with E-state index in [1.165, 1.54) is 33.4 Å². The highest BCUT2D eigenvalue weighted by Gasteiger charge is 2.37. The Morgan fingerprint density at radius 3 is 1.16 bits per heavy atom. The number of phenols is 2. The third kappa shape index (κ3) is 13.6. The molecule has 4 heteroatoms. The normalized spacial score (nSPS) is 19.9. The van der Waals surface area contributed by atoms with Crippen LogP contribution >= 0.6 is 0 Å². The third-order valence-corrected chi connectivity index (χ3v) is 12.6. The second-order valence-corrected chi connectivity index (χ2v) is 18.8. The van der Waals surface area contributed by atoms with Gasteiger partial charge in [0.15, 0.2) is 0 Å². The molecular formula is C54H78O4. The second kappa shape index (κ2) is 21.4. The Kier molecular flexibility index (Phi) is 17.2. The van der Waals surface area contributed by atoms with Crippen LogP contribution in [0, 0.1) is 13.8 Å². The van der Waals surface area contributed by atoms with Gasteiger partial charge in [0.05, 0.1) is 0 Å². The lowest BCUT2D eigenvalue weighted by Gasteiger charge is -2.39. The Labute approximate surface area is 353 Å². The zero-order valence-electron chi connectivity index (χ0n) is 38.6. The maximum Gasteiger partial charge on any atom is 0.127 e. The van der Waals surface area contributed by atoms with Crippen molar-refractivity contribution in [3.63, 3.8) is 0 Å². The van der Waals surface area contributed by atoms with Crippen molar-refractivity contribution in [2.24, 2.45) is 0 Å². The summed E-state index contributed by atoms with van der Waals surface area (Å²) in [6, 6.07) is 3.63. The summed E-state index contributed by atoms with van der Waals surface area (Å²) in [5.41, 5.74) is 13.8. The third-order valence-electron chi connectivity index (χ3n) is 12.6. The molecule has 0 fully saturated rings. The van der Waals surface area contributed by atoms with Gasteiger partial charge in [0.2, 0.25) is 0 Å². The monoisotopic (exact) mass is 791 g/mol. The number of fused-ring (bicyclic) bond motifs is 2. The molecule has 2 N–H and O–H groups in total. The number of phenolic OH excluding ortho intramolecular Hbond substituents is 2. The van der Waals surface area contributed by atoms with E-state index in [-0.39, 0.29) is 22.7 Å². The molecule has 0 amide bonds. The summed E-state index contributed by atoms with van der Waals surface area (Å²) in [5.74, 6) is 1.98. The first kappa shape index (κ1) is 46.8. The first-order valence-electron chi connectivity index (χ1n) is 22.4. The summed E-state index contributed by atoms with van der Waals surface area (Å²) in [6.07, 6.45) is 30.3. The zero-order chi connectivity index (χ0) is 42.6. The largest absolute Gasteiger partial charge is 0.508 e. The van der Waals surface area contributed by atoms with E-state index in [4.69, 9.17) is 9.47 Å². The average Bonchev–Trinajstić information content (AvgIpc) is 3.13. The van der Waals surface area contributed by atoms with Gasteiger partial charge >= 0.3 is 0 Å². The number of allylic oxidation sites excluding steroid dienone is 12. The van der Waals surface area contributed by atoms with E-state index < -0.39 is 0 Å². The van der Waals surface area contributed by atoms with Crippen LogP contribution in [0.3, 0.4) is 0 Å². The SMILES string of the molecule is CC(C)=CCC/C(C)=C/CC/C(C)=C/CCC1(C)CCc2c(cc(O)c(C)c2-c2c(C)c(O)cc3c2CCC(C)(CC/C=C(\C)CC/C=C(\C)CCC=C(C)C)O3)O1. The fourth-order valence-corrected chi connectivity index (χ4v) is 8.64. The maximum atomic E-state index is 11.4. The minimum Gasteiger partial charge on any atom is -0.508 e. The van der Waals surface area contributed by atoms with Gasteiger partial charge in [-0.3, -0.25) is 0 Å². The van der Waals surface area contributed by atoms with E-state index in [1.807, 2.05) is 26.0 Å². The van der Waals surface area contributed by atoms with Crippen LogP contribution in [0.5, 0.6) is 23.0 Å². The highest BCUT2D eigenvalue weighted by Crippen LogP contribution is 2.51. The predicted molar refractivity (Wildman–Crippen MR) is 249 cm³/mol. The number of ether oxygens (including phenoxy) is 2. The van der Waals surface area contributed by atoms with Crippen molar-refractivity contribution in [1.82, 2.24) is 0 Å². The molecule has 0 radical (unpaired) electrons. The van der Waals surface area contributed by atoms with Crippen LogP contribution in [0.25, 0.3) is 11.1 Å². The average molecular weight is 791 g/mol. The molecular weight excluding hydrogens is 713 g/mol. The summed E-state index contributed by atoms with van der Waals surface area (Å²) >= 11 is 0. The summed E-state index contributed by atoms with van der Waals surface area (Å²) < 4.78 is 13.7. The Morgan fingerprint density at radius 2 is 0.828 bits per heavy atom. The summed E-state index contributed by atoms with van der Waals surface area (Å²) in [4.78, 5) is 0. The van der Waals surface area contributed by atoms with Crippen molar-refractivity contribution >= 4 is 0 Å². The van der Waals surface area contributed by atoms with Crippen molar-refractivity contribution in [2.75, 3.05) is 0 Å². The highest BCUT2D eigenvalue weighted by molar-refractivity contribution is 5.84. The molecule has 318 valence electrons. The topological polar surface area (TPSA) is 58.9 Å². The predicted octanol–water partition coefficient (Wildman–Crippen LogP) is 15.9. The number of aromatic hydroxyl groups is 2. The van der Waals surface area contributed by atoms with E-state index in [0.29, 0.717) is 0 Å². The molecule has 4 rings (SSSR count). The molecule has 2 unspecified atom stereocenters. The van der Waals surface area contributed by atoms with Gasteiger partial charge in [0.1, 0.15) is 34.2 Å². The molecule has 2 heterocycles. The molecule has 0 spiro atoms. The smallest absolute Gasteiger partial charge is 0.127 e. The van der Waals surface area contributed by atoms with Crippen LogP contribution in [0.2, 0.25) is 0 Å². The van der Waals surface area contributed by atoms with Crippen molar-refractivity contribution in [3.8, 4) is 34.1 Å². The minimum absolute atomic E-state index is 0.229. The lowest BCUT2D eigenvalue weighted by Crippen LogP contribution is -2.37. The Balaban J connectivity index is 1.43. The molecule has 0 bridgehead atoms. The Bertz CT molecular complexity index is 1780.